The van der Waals surface area contributed by atoms with E-state index in [2.05, 4.69) is 21.8 Å². The monoisotopic (exact) mass is 560 g/mol. The minimum atomic E-state index is -0.655. The average Bonchev–Trinajstić information content (AvgIpc) is 3.75. The number of rotatable bonds is 7. The molecular formula is C32H34F2N4O3. The average molecular weight is 561 g/mol. The molecule has 9 heteroatoms. The lowest BCUT2D eigenvalue weighted by atomic mass is 9.86. The van der Waals surface area contributed by atoms with Gasteiger partial charge in [0.05, 0.1) is 24.2 Å². The number of fused-ring (bicyclic) bond motifs is 2. The van der Waals surface area contributed by atoms with Crippen LogP contribution in [0.2, 0.25) is 0 Å². The van der Waals surface area contributed by atoms with Crippen LogP contribution in [0.15, 0.2) is 30.5 Å². The van der Waals surface area contributed by atoms with Crippen molar-refractivity contribution >= 4 is 27.5 Å². The zero-order valence-electron chi connectivity index (χ0n) is 23.5. The Labute approximate surface area is 237 Å². The van der Waals surface area contributed by atoms with Gasteiger partial charge in [0, 0.05) is 36.7 Å². The van der Waals surface area contributed by atoms with Crippen LogP contribution < -0.4 is 9.64 Å². The van der Waals surface area contributed by atoms with E-state index in [0.29, 0.717) is 52.7 Å². The summed E-state index contributed by atoms with van der Waals surface area (Å²) in [6, 6.07) is 6.10. The molecule has 0 radical (unpaired) electrons. The van der Waals surface area contributed by atoms with Gasteiger partial charge in [-0.15, -0.1) is 0 Å². The fourth-order valence-electron chi connectivity index (χ4n) is 6.53. The first-order valence-electron chi connectivity index (χ1n) is 14.7. The van der Waals surface area contributed by atoms with Crippen molar-refractivity contribution in [3.63, 3.8) is 0 Å². The maximum atomic E-state index is 16.6. The lowest BCUT2D eigenvalue weighted by molar-refractivity contribution is -0.151. The number of nitrogens with zero attached hydrogens (tertiary/aromatic N) is 4. The zero-order valence-corrected chi connectivity index (χ0v) is 23.5. The smallest absolute Gasteiger partial charge is 0.319 e. The summed E-state index contributed by atoms with van der Waals surface area (Å²) in [6.45, 7) is 6.66. The Morgan fingerprint density at radius 3 is 2.63 bits per heavy atom. The fraction of sp³-hybridized carbons (Fsp3) is 0.469. The van der Waals surface area contributed by atoms with Crippen molar-refractivity contribution in [1.82, 2.24) is 15.0 Å². The van der Waals surface area contributed by atoms with E-state index in [4.69, 9.17) is 14.5 Å². The van der Waals surface area contributed by atoms with Crippen LogP contribution in [0.3, 0.4) is 0 Å². The second-order valence-corrected chi connectivity index (χ2v) is 11.9. The summed E-state index contributed by atoms with van der Waals surface area (Å²) in [6.07, 6.45) is 8.11. The molecule has 2 saturated heterocycles. The number of phenolic OH excluding ortho intramolecular Hbond substituents is 1. The molecule has 2 aromatic carbocycles. The number of pyridine rings is 1. The van der Waals surface area contributed by atoms with E-state index in [1.807, 2.05) is 6.92 Å². The third-order valence-corrected chi connectivity index (χ3v) is 9.42. The molecule has 1 spiro atoms. The lowest BCUT2D eigenvalue weighted by Crippen LogP contribution is -2.56. The summed E-state index contributed by atoms with van der Waals surface area (Å²) in [7, 11) is 0. The number of phenols is 1. The Balaban J connectivity index is 1.40. The third kappa shape index (κ3) is 4.45. The van der Waals surface area contributed by atoms with Crippen molar-refractivity contribution in [2.24, 2.45) is 5.41 Å². The fourth-order valence-corrected chi connectivity index (χ4v) is 6.53. The Hall–Kier alpha value is -3.59. The molecule has 7 nitrogen and oxygen atoms in total. The number of halogens is 2. The van der Waals surface area contributed by atoms with Gasteiger partial charge in [-0.2, -0.15) is 9.97 Å². The van der Waals surface area contributed by atoms with Crippen molar-refractivity contribution in [3.05, 3.63) is 47.7 Å². The number of hydrogen-bond acceptors (Lipinski definition) is 7. The lowest BCUT2D eigenvalue weighted by Gasteiger charge is -2.48. The largest absolute Gasteiger partial charge is 0.508 e. The van der Waals surface area contributed by atoms with Crippen LogP contribution in [0.5, 0.6) is 11.8 Å². The molecule has 1 saturated carbocycles. The molecular weight excluding hydrogens is 526 g/mol. The van der Waals surface area contributed by atoms with Crippen molar-refractivity contribution in [2.75, 3.05) is 31.2 Å². The van der Waals surface area contributed by atoms with Gasteiger partial charge in [-0.25, -0.2) is 8.78 Å². The zero-order chi connectivity index (χ0) is 28.4. The highest BCUT2D eigenvalue weighted by Crippen LogP contribution is 2.49. The van der Waals surface area contributed by atoms with E-state index >= 15 is 4.39 Å². The molecule has 1 atom stereocenters. The Bertz CT molecular complexity index is 1670. The van der Waals surface area contributed by atoms with Crippen molar-refractivity contribution in [1.29, 1.82) is 0 Å². The van der Waals surface area contributed by atoms with Crippen molar-refractivity contribution in [2.45, 2.75) is 64.4 Å². The summed E-state index contributed by atoms with van der Waals surface area (Å²) < 4.78 is 43.6. The van der Waals surface area contributed by atoms with Crippen LogP contribution in [0.25, 0.3) is 32.9 Å². The molecule has 4 heterocycles. The normalized spacial score (nSPS) is 21.4. The SMILES string of the molecule is CCc1c(F)ccc2cc(O)cc(-c3ncc4c(N5CCCC6(CCO6)C5)nc(OCC5(CC)CC5)nc4c3F)c12. The molecule has 0 bridgehead atoms. The van der Waals surface area contributed by atoms with Gasteiger partial charge in [0.25, 0.3) is 0 Å². The summed E-state index contributed by atoms with van der Waals surface area (Å²) in [5.41, 5.74) is 0.802. The van der Waals surface area contributed by atoms with Gasteiger partial charge in [-0.05, 0) is 73.1 Å². The van der Waals surface area contributed by atoms with E-state index in [9.17, 15) is 9.50 Å². The molecule has 3 aliphatic rings. The molecule has 2 aromatic heterocycles. The molecule has 7 rings (SSSR count). The number of ether oxygens (including phenoxy) is 2. The molecule has 4 aromatic rings. The summed E-state index contributed by atoms with van der Waals surface area (Å²) in [5, 5.41) is 12.1. The number of benzene rings is 2. The van der Waals surface area contributed by atoms with Crippen molar-refractivity contribution in [3.8, 4) is 23.0 Å². The summed E-state index contributed by atoms with van der Waals surface area (Å²) in [4.78, 5) is 16.1. The first kappa shape index (κ1) is 26.3. The number of piperidine rings is 1. The maximum Gasteiger partial charge on any atom is 0.319 e. The minimum Gasteiger partial charge on any atom is -0.508 e. The van der Waals surface area contributed by atoms with E-state index < -0.39 is 5.82 Å². The van der Waals surface area contributed by atoms with Crippen LogP contribution in [-0.2, 0) is 11.2 Å². The van der Waals surface area contributed by atoms with Crippen LogP contribution in [0.1, 0.15) is 57.9 Å². The third-order valence-electron chi connectivity index (χ3n) is 9.42. The second kappa shape index (κ2) is 9.76. The molecule has 1 aliphatic carbocycles. The van der Waals surface area contributed by atoms with Gasteiger partial charge in [0.15, 0.2) is 5.82 Å². The summed E-state index contributed by atoms with van der Waals surface area (Å²) in [5.74, 6) is -0.503. The molecule has 2 aliphatic heterocycles. The quantitative estimate of drug-likeness (QED) is 0.269. The van der Waals surface area contributed by atoms with Gasteiger partial charge in [0.2, 0.25) is 0 Å². The Morgan fingerprint density at radius 1 is 1.10 bits per heavy atom. The number of aromatic nitrogens is 3. The van der Waals surface area contributed by atoms with E-state index in [-0.39, 0.29) is 39.8 Å². The van der Waals surface area contributed by atoms with Gasteiger partial charge >= 0.3 is 6.01 Å². The second-order valence-electron chi connectivity index (χ2n) is 11.9. The number of aromatic hydroxyl groups is 1. The predicted octanol–water partition coefficient (Wildman–Crippen LogP) is 6.72. The predicted molar refractivity (Wildman–Crippen MR) is 153 cm³/mol. The molecule has 41 heavy (non-hydrogen) atoms. The standard InChI is InChI=1S/C32H34F2N4O3/c1-3-21-24(33)7-6-19-14-20(39)15-22(25(19)21)27-26(34)28-23(16-35-27)29(38-12-5-8-32(17-38)11-13-41-32)37-30(36-28)40-18-31(4-2)9-10-31/h6-7,14-16,39H,3-5,8-13,17-18H2,1-2H3. The van der Waals surface area contributed by atoms with Gasteiger partial charge < -0.3 is 19.5 Å². The molecule has 1 N–H and O–H groups in total. The highest BCUT2D eigenvalue weighted by molar-refractivity contribution is 6.01. The van der Waals surface area contributed by atoms with Crippen LogP contribution in [0.4, 0.5) is 14.6 Å². The highest BCUT2D eigenvalue weighted by Gasteiger charge is 2.44. The van der Waals surface area contributed by atoms with Gasteiger partial charge in [-0.3, -0.25) is 4.98 Å². The topological polar surface area (TPSA) is 80.6 Å². The van der Waals surface area contributed by atoms with Crippen molar-refractivity contribution < 1.29 is 23.4 Å². The van der Waals surface area contributed by atoms with Crippen LogP contribution >= 0.6 is 0 Å². The van der Waals surface area contributed by atoms with E-state index in [0.717, 1.165) is 51.7 Å². The molecule has 0 amide bonds. The Kier molecular flexibility index (Phi) is 6.26. The first-order valence-corrected chi connectivity index (χ1v) is 14.7. The minimum absolute atomic E-state index is 0.000961. The number of aryl methyl sites for hydroxylation is 1. The van der Waals surface area contributed by atoms with Crippen LogP contribution in [0, 0.1) is 17.0 Å². The van der Waals surface area contributed by atoms with Gasteiger partial charge in [0.1, 0.15) is 28.6 Å². The van der Waals surface area contributed by atoms with E-state index in [1.54, 1.807) is 18.3 Å². The molecule has 1 unspecified atom stereocenters. The number of hydrogen-bond donors (Lipinski definition) is 1. The van der Waals surface area contributed by atoms with Crippen LogP contribution in [-0.4, -0.2) is 52.0 Å². The first-order chi connectivity index (χ1) is 19.8. The Morgan fingerprint density at radius 2 is 1.93 bits per heavy atom. The molecule has 3 fully saturated rings. The van der Waals surface area contributed by atoms with E-state index in [1.165, 1.54) is 12.1 Å². The number of anilines is 1. The van der Waals surface area contributed by atoms with Gasteiger partial charge in [-0.1, -0.05) is 19.9 Å². The molecule has 214 valence electrons. The maximum absolute atomic E-state index is 16.6. The highest BCUT2D eigenvalue weighted by atomic mass is 19.1. The summed E-state index contributed by atoms with van der Waals surface area (Å²) >= 11 is 0.